The fraction of sp³-hybridized carbons (Fsp3) is 0.333. The van der Waals surface area contributed by atoms with Crippen LogP contribution in [-0.4, -0.2) is 61.2 Å². The Bertz CT molecular complexity index is 1060. The van der Waals surface area contributed by atoms with Crippen molar-refractivity contribution >= 4 is 22.8 Å². The molecule has 3 N–H and O–H groups in total. The molecule has 0 saturated carbocycles. The van der Waals surface area contributed by atoms with E-state index in [1.165, 1.54) is 12.1 Å². The number of halogens is 1. The minimum absolute atomic E-state index is 0.00850. The van der Waals surface area contributed by atoms with Gasteiger partial charge in [0.05, 0.1) is 19.1 Å². The number of rotatable bonds is 7. The van der Waals surface area contributed by atoms with Crippen molar-refractivity contribution in [2.75, 3.05) is 39.4 Å². The molecule has 1 aliphatic rings. The minimum atomic E-state index is -0.455. The Hall–Kier alpha value is -3.39. The topological polar surface area (TPSA) is 86.5 Å². The summed E-state index contributed by atoms with van der Waals surface area (Å²) in [4.78, 5) is 30.3. The van der Waals surface area contributed by atoms with E-state index >= 15 is 0 Å². The summed E-state index contributed by atoms with van der Waals surface area (Å²) in [6.07, 6.45) is 2.43. The number of morpholine rings is 1. The van der Waals surface area contributed by atoms with Crippen LogP contribution in [0.25, 0.3) is 10.9 Å². The molecule has 1 unspecified atom stereocenters. The zero-order valence-electron chi connectivity index (χ0n) is 17.8. The fourth-order valence-electron chi connectivity index (χ4n) is 3.97. The van der Waals surface area contributed by atoms with Gasteiger partial charge < -0.3 is 25.3 Å². The highest BCUT2D eigenvalue weighted by Crippen LogP contribution is 2.20. The molecule has 4 rings (SSSR count). The number of carbonyl (C=O) groups excluding carboxylic acids is 2. The molecular weight excluding hydrogens is 411 g/mol. The zero-order chi connectivity index (χ0) is 22.3. The average Bonchev–Trinajstić information content (AvgIpc) is 3.22. The number of hydrogen-bond acceptors (Lipinski definition) is 3. The predicted octanol–water partition coefficient (Wildman–Crippen LogP) is 2.79. The van der Waals surface area contributed by atoms with E-state index in [4.69, 9.17) is 4.74 Å². The van der Waals surface area contributed by atoms with Gasteiger partial charge in [-0.3, -0.25) is 4.79 Å². The second-order valence-corrected chi connectivity index (χ2v) is 7.79. The molecule has 8 heteroatoms. The smallest absolute Gasteiger partial charge is 0.314 e. The molecule has 1 atom stereocenters. The maximum atomic E-state index is 13.3. The number of hydrogen-bond donors (Lipinski definition) is 3. The Morgan fingerprint density at radius 2 is 1.88 bits per heavy atom. The molecule has 0 radical (unpaired) electrons. The maximum Gasteiger partial charge on any atom is 0.314 e. The first-order valence-electron chi connectivity index (χ1n) is 10.8. The van der Waals surface area contributed by atoms with E-state index in [0.717, 1.165) is 22.0 Å². The van der Waals surface area contributed by atoms with Crippen molar-refractivity contribution in [3.63, 3.8) is 0 Å². The number of ether oxygens (including phenoxy) is 1. The molecule has 1 aromatic heterocycles. The van der Waals surface area contributed by atoms with Gasteiger partial charge in [-0.25, -0.2) is 9.18 Å². The van der Waals surface area contributed by atoms with Gasteiger partial charge in [0, 0.05) is 43.3 Å². The first-order valence-corrected chi connectivity index (χ1v) is 10.8. The van der Waals surface area contributed by atoms with Crippen LogP contribution in [0.4, 0.5) is 9.18 Å². The summed E-state index contributed by atoms with van der Waals surface area (Å²) >= 11 is 0. The summed E-state index contributed by atoms with van der Waals surface area (Å²) in [6.45, 7) is 2.80. The van der Waals surface area contributed by atoms with Gasteiger partial charge in [0.15, 0.2) is 0 Å². The van der Waals surface area contributed by atoms with E-state index < -0.39 is 5.92 Å². The van der Waals surface area contributed by atoms with Crippen LogP contribution in [0.5, 0.6) is 0 Å². The third kappa shape index (κ3) is 5.26. The van der Waals surface area contributed by atoms with Crippen LogP contribution < -0.4 is 10.6 Å². The molecule has 0 bridgehead atoms. The van der Waals surface area contributed by atoms with Crippen molar-refractivity contribution in [1.29, 1.82) is 0 Å². The van der Waals surface area contributed by atoms with Crippen molar-refractivity contribution in [2.24, 2.45) is 0 Å². The van der Waals surface area contributed by atoms with E-state index in [0.29, 0.717) is 39.3 Å². The average molecular weight is 439 g/mol. The predicted molar refractivity (Wildman–Crippen MR) is 120 cm³/mol. The lowest BCUT2D eigenvalue weighted by Crippen LogP contribution is -2.46. The summed E-state index contributed by atoms with van der Waals surface area (Å²) in [5.74, 6) is -0.752. The van der Waals surface area contributed by atoms with Crippen LogP contribution in [0.1, 0.15) is 17.0 Å². The summed E-state index contributed by atoms with van der Waals surface area (Å²) in [5, 5.41) is 6.62. The van der Waals surface area contributed by atoms with Crippen molar-refractivity contribution in [3.8, 4) is 0 Å². The second kappa shape index (κ2) is 10.3. The van der Waals surface area contributed by atoms with E-state index in [1.807, 2.05) is 36.5 Å². The Kier molecular flexibility index (Phi) is 7.01. The number of amides is 3. The van der Waals surface area contributed by atoms with Crippen LogP contribution in [0, 0.1) is 5.82 Å². The molecule has 7 nitrogen and oxygen atoms in total. The number of urea groups is 1. The fourth-order valence-corrected chi connectivity index (χ4v) is 3.97. The van der Waals surface area contributed by atoms with E-state index in [1.54, 1.807) is 11.0 Å². The Balaban J connectivity index is 1.32. The highest BCUT2D eigenvalue weighted by atomic mass is 19.1. The number of benzene rings is 2. The maximum absolute atomic E-state index is 13.3. The van der Waals surface area contributed by atoms with Gasteiger partial charge in [-0.2, -0.15) is 0 Å². The Morgan fingerprint density at radius 1 is 1.09 bits per heavy atom. The highest BCUT2D eigenvalue weighted by molar-refractivity contribution is 5.85. The largest absolute Gasteiger partial charge is 0.378 e. The van der Waals surface area contributed by atoms with Gasteiger partial charge in [0.2, 0.25) is 5.91 Å². The molecule has 0 spiro atoms. The molecule has 168 valence electrons. The number of H-pyrrole nitrogens is 1. The van der Waals surface area contributed by atoms with Gasteiger partial charge >= 0.3 is 6.03 Å². The van der Waals surface area contributed by atoms with E-state index in [9.17, 15) is 14.0 Å². The molecular formula is C24H27FN4O3. The lowest BCUT2D eigenvalue weighted by molar-refractivity contribution is -0.136. The standard InChI is InChI=1S/C24H27FN4O3/c25-19-6-7-20-18(15-27-22(20)14-19)8-9-26-24(31)28-16-21(17-4-2-1-3-5-17)23(30)29-10-12-32-13-11-29/h1-7,14-15,21,27H,8-13,16H2,(H2,26,28,31). The third-order valence-corrected chi connectivity index (χ3v) is 5.70. The van der Waals surface area contributed by atoms with E-state index in [2.05, 4.69) is 15.6 Å². The lowest BCUT2D eigenvalue weighted by Gasteiger charge is -2.30. The quantitative estimate of drug-likeness (QED) is 0.530. The molecule has 32 heavy (non-hydrogen) atoms. The first-order chi connectivity index (χ1) is 15.6. The van der Waals surface area contributed by atoms with Crippen molar-refractivity contribution in [3.05, 3.63) is 71.7 Å². The van der Waals surface area contributed by atoms with Crippen LogP contribution in [0.3, 0.4) is 0 Å². The summed E-state index contributed by atoms with van der Waals surface area (Å²) in [5.41, 5.74) is 2.61. The second-order valence-electron chi connectivity index (χ2n) is 7.79. The van der Waals surface area contributed by atoms with Crippen LogP contribution in [0.2, 0.25) is 0 Å². The minimum Gasteiger partial charge on any atom is -0.378 e. The number of carbonyl (C=O) groups is 2. The molecule has 3 aromatic rings. The van der Waals surface area contributed by atoms with E-state index in [-0.39, 0.29) is 24.3 Å². The SMILES string of the molecule is O=C(NCCc1c[nH]c2cc(F)ccc12)NCC(C(=O)N1CCOCC1)c1ccccc1. The van der Waals surface area contributed by atoms with Gasteiger partial charge in [-0.15, -0.1) is 0 Å². The van der Waals surface area contributed by atoms with Crippen LogP contribution in [0.15, 0.2) is 54.7 Å². The Morgan fingerprint density at radius 3 is 2.66 bits per heavy atom. The number of aromatic nitrogens is 1. The number of fused-ring (bicyclic) bond motifs is 1. The number of aromatic amines is 1. The van der Waals surface area contributed by atoms with Gasteiger partial charge in [-0.05, 0) is 35.7 Å². The number of nitrogens with zero attached hydrogens (tertiary/aromatic N) is 1. The normalized spacial score (nSPS) is 14.8. The summed E-state index contributed by atoms with van der Waals surface area (Å²) in [6, 6.07) is 13.8. The van der Waals surface area contributed by atoms with Crippen LogP contribution in [-0.2, 0) is 16.0 Å². The van der Waals surface area contributed by atoms with Gasteiger partial charge in [-0.1, -0.05) is 30.3 Å². The summed E-state index contributed by atoms with van der Waals surface area (Å²) < 4.78 is 18.7. The van der Waals surface area contributed by atoms with Gasteiger partial charge in [0.1, 0.15) is 5.82 Å². The molecule has 2 aromatic carbocycles. The molecule has 1 saturated heterocycles. The zero-order valence-corrected chi connectivity index (χ0v) is 17.8. The third-order valence-electron chi connectivity index (χ3n) is 5.70. The molecule has 1 aliphatic heterocycles. The summed E-state index contributed by atoms with van der Waals surface area (Å²) in [7, 11) is 0. The molecule has 2 heterocycles. The molecule has 1 fully saturated rings. The highest BCUT2D eigenvalue weighted by Gasteiger charge is 2.27. The van der Waals surface area contributed by atoms with Crippen molar-refractivity contribution in [2.45, 2.75) is 12.3 Å². The monoisotopic (exact) mass is 438 g/mol. The lowest BCUT2D eigenvalue weighted by atomic mass is 9.97. The first kappa shape index (κ1) is 21.8. The van der Waals surface area contributed by atoms with Crippen LogP contribution >= 0.6 is 0 Å². The molecule has 3 amide bonds. The Labute approximate surface area is 185 Å². The van der Waals surface area contributed by atoms with Gasteiger partial charge in [0.25, 0.3) is 0 Å². The van der Waals surface area contributed by atoms with Crippen molar-refractivity contribution < 1.29 is 18.7 Å². The van der Waals surface area contributed by atoms with Crippen molar-refractivity contribution in [1.82, 2.24) is 20.5 Å². The number of nitrogens with one attached hydrogen (secondary N) is 3. The molecule has 0 aliphatic carbocycles.